The van der Waals surface area contributed by atoms with E-state index in [1.807, 2.05) is 17.7 Å². The molecule has 0 radical (unpaired) electrons. The number of pyridine rings is 1. The molecule has 0 unspecified atom stereocenters. The van der Waals surface area contributed by atoms with Crippen molar-refractivity contribution in [3.63, 3.8) is 0 Å². The van der Waals surface area contributed by atoms with Crippen molar-refractivity contribution in [2.24, 2.45) is 18.1 Å². The van der Waals surface area contributed by atoms with Gasteiger partial charge in [0.25, 0.3) is 5.91 Å². The van der Waals surface area contributed by atoms with Crippen molar-refractivity contribution in [2.75, 3.05) is 36.5 Å². The summed E-state index contributed by atoms with van der Waals surface area (Å²) in [7, 11) is 1.86. The Morgan fingerprint density at radius 2 is 2.02 bits per heavy atom. The van der Waals surface area contributed by atoms with Crippen molar-refractivity contribution in [2.45, 2.75) is 75.8 Å². The van der Waals surface area contributed by atoms with E-state index in [9.17, 15) is 18.0 Å². The molecular weight excluding hydrogens is 613 g/mol. The molecule has 1 atom stereocenters. The number of nitrogens with zero attached hydrogens (tertiary/aromatic N) is 9. The lowest BCUT2D eigenvalue weighted by Gasteiger charge is -2.42. The molecule has 0 bridgehead atoms. The highest BCUT2D eigenvalue weighted by atomic mass is 19.4. The Hall–Kier alpha value is -4.20. The Balaban J connectivity index is 1.24. The molecule has 3 aromatic rings. The van der Waals surface area contributed by atoms with Crippen molar-refractivity contribution < 1.29 is 22.7 Å². The smallest absolute Gasteiger partial charge is 0.379 e. The Bertz CT molecular complexity index is 1730. The van der Waals surface area contributed by atoms with E-state index in [4.69, 9.17) is 15.3 Å². The monoisotopic (exact) mass is 650 g/mol. The van der Waals surface area contributed by atoms with Crippen LogP contribution in [0.3, 0.4) is 0 Å². The highest BCUT2D eigenvalue weighted by Crippen LogP contribution is 2.42. The standard InChI is InChI=1S/C32H37F3N10O2/c1-19-4-3-5-44(13-19)14-20-6-24-25(26(7-20)32(33,34)35)15-45(30(24)46)28-9-21(8-27(39-28)38-22-10-23(11-22)40-42-36)31(16-47-17-31)12-29-41-37-18-43(29)2/h6-9,18-19,22-23H,3-5,10-17H2,1-2H3,(H,38,39)/t19-,22?,23?/m0/s1. The molecule has 2 aromatic heterocycles. The average Bonchev–Trinajstić information content (AvgIpc) is 3.54. The summed E-state index contributed by atoms with van der Waals surface area (Å²) in [5, 5.41) is 15.5. The zero-order valence-electron chi connectivity index (χ0n) is 26.4. The largest absolute Gasteiger partial charge is 0.416 e. The number of halogens is 3. The molecule has 1 amide bonds. The number of hydrogen-bond donors (Lipinski definition) is 1. The summed E-state index contributed by atoms with van der Waals surface area (Å²) in [6.45, 7) is 4.70. The van der Waals surface area contributed by atoms with Crippen molar-refractivity contribution in [1.29, 1.82) is 0 Å². The van der Waals surface area contributed by atoms with Crippen molar-refractivity contribution in [1.82, 2.24) is 24.6 Å². The van der Waals surface area contributed by atoms with E-state index in [2.05, 4.69) is 37.4 Å². The molecule has 15 heteroatoms. The fraction of sp³-hybridized carbons (Fsp3) is 0.562. The van der Waals surface area contributed by atoms with Gasteiger partial charge in [-0.25, -0.2) is 4.98 Å². The number of alkyl halides is 3. The molecule has 4 aliphatic rings. The van der Waals surface area contributed by atoms with E-state index in [0.717, 1.165) is 37.3 Å². The summed E-state index contributed by atoms with van der Waals surface area (Å²) in [6, 6.07) is 6.44. The zero-order chi connectivity index (χ0) is 32.9. The van der Waals surface area contributed by atoms with Crippen molar-refractivity contribution in [3.8, 4) is 0 Å². The highest BCUT2D eigenvalue weighted by Gasteiger charge is 2.45. The van der Waals surface area contributed by atoms with Gasteiger partial charge in [0.1, 0.15) is 23.8 Å². The minimum Gasteiger partial charge on any atom is -0.379 e. The van der Waals surface area contributed by atoms with Crippen LogP contribution in [0.2, 0.25) is 0 Å². The first-order valence-electron chi connectivity index (χ1n) is 16.0. The number of hydrogen-bond acceptors (Lipinski definition) is 8. The van der Waals surface area contributed by atoms with Gasteiger partial charge >= 0.3 is 6.18 Å². The number of carbonyl (C=O) groups excluding carboxylic acids is 1. The minimum absolute atomic E-state index is 0.00296. The van der Waals surface area contributed by atoms with Crippen LogP contribution >= 0.6 is 0 Å². The number of fused-ring (bicyclic) bond motifs is 1. The van der Waals surface area contributed by atoms with Gasteiger partial charge < -0.3 is 14.6 Å². The molecule has 7 rings (SSSR count). The number of carbonyl (C=O) groups is 1. The summed E-state index contributed by atoms with van der Waals surface area (Å²) in [6.07, 6.45) is 0.873. The average molecular weight is 651 g/mol. The molecule has 2 saturated heterocycles. The second kappa shape index (κ2) is 12.1. The quantitative estimate of drug-likeness (QED) is 0.186. The van der Waals surface area contributed by atoms with Crippen LogP contribution in [-0.4, -0.2) is 68.9 Å². The van der Waals surface area contributed by atoms with E-state index in [1.165, 1.54) is 11.0 Å². The number of aryl methyl sites for hydroxylation is 1. The number of likely N-dealkylation sites (tertiary alicyclic amines) is 1. The van der Waals surface area contributed by atoms with E-state index in [0.29, 0.717) is 56.3 Å². The second-order valence-electron chi connectivity index (χ2n) is 13.6. The molecule has 47 heavy (non-hydrogen) atoms. The maximum Gasteiger partial charge on any atom is 0.416 e. The SMILES string of the molecule is C[C@H]1CCCN(Cc2cc3c(c(C(F)(F)F)c2)CN(c2cc(C4(Cc5nncn5C)COC4)cc(NC4CC(N=[N+]=[N-])C4)n2)C3=O)C1. The lowest BCUT2D eigenvalue weighted by Crippen LogP contribution is -2.49. The number of ether oxygens (including phenoxy) is 1. The van der Waals surface area contributed by atoms with Crippen LogP contribution in [-0.2, 0) is 42.9 Å². The number of rotatable bonds is 9. The number of piperidine rings is 1. The third-order valence-electron chi connectivity index (χ3n) is 9.99. The number of aromatic nitrogens is 4. The summed E-state index contributed by atoms with van der Waals surface area (Å²) in [4.78, 5) is 25.2. The molecular formula is C32H37F3N10O2. The molecule has 0 spiro atoms. The normalized spacial score (nSPS) is 23.9. The molecule has 248 valence electrons. The second-order valence-corrected chi connectivity index (χ2v) is 13.6. The summed E-state index contributed by atoms with van der Waals surface area (Å²) in [5.74, 6) is 1.48. The van der Waals surface area contributed by atoms with Crippen molar-refractivity contribution in [3.05, 3.63) is 74.7 Å². The molecule has 3 aliphatic heterocycles. The Morgan fingerprint density at radius 1 is 1.21 bits per heavy atom. The summed E-state index contributed by atoms with van der Waals surface area (Å²) >= 11 is 0. The number of benzene rings is 1. The molecule has 3 fully saturated rings. The van der Waals surface area contributed by atoms with Gasteiger partial charge in [-0.3, -0.25) is 14.6 Å². The van der Waals surface area contributed by atoms with Crippen LogP contribution < -0.4 is 10.2 Å². The van der Waals surface area contributed by atoms with Crippen LogP contribution in [0.1, 0.15) is 71.0 Å². The summed E-state index contributed by atoms with van der Waals surface area (Å²) < 4.78 is 51.1. The van der Waals surface area contributed by atoms with Crippen LogP contribution in [0.5, 0.6) is 0 Å². The fourth-order valence-electron chi connectivity index (χ4n) is 7.29. The third kappa shape index (κ3) is 6.15. The Kier molecular flexibility index (Phi) is 8.09. The number of nitrogens with one attached hydrogen (secondary N) is 1. The van der Waals surface area contributed by atoms with Crippen LogP contribution in [0.4, 0.5) is 24.8 Å². The molecule has 1 N–H and O–H groups in total. The molecule has 12 nitrogen and oxygen atoms in total. The first-order chi connectivity index (χ1) is 22.5. The number of azide groups is 1. The predicted molar refractivity (Wildman–Crippen MR) is 167 cm³/mol. The Morgan fingerprint density at radius 3 is 2.68 bits per heavy atom. The third-order valence-corrected chi connectivity index (χ3v) is 9.99. The van der Waals surface area contributed by atoms with E-state index < -0.39 is 23.1 Å². The number of amides is 1. The minimum atomic E-state index is -4.62. The predicted octanol–water partition coefficient (Wildman–Crippen LogP) is 5.39. The van der Waals surface area contributed by atoms with Gasteiger partial charge in [0.2, 0.25) is 0 Å². The molecule has 1 saturated carbocycles. The lowest BCUT2D eigenvalue weighted by atomic mass is 9.75. The maximum atomic E-state index is 14.5. The van der Waals surface area contributed by atoms with Gasteiger partial charge in [0, 0.05) is 54.5 Å². The highest BCUT2D eigenvalue weighted by molar-refractivity contribution is 6.10. The number of anilines is 2. The van der Waals surface area contributed by atoms with Crippen molar-refractivity contribution >= 4 is 17.5 Å². The lowest BCUT2D eigenvalue weighted by molar-refractivity contribution is -0.138. The molecule has 1 aromatic carbocycles. The van der Waals surface area contributed by atoms with Gasteiger partial charge in [-0.15, -0.1) is 10.2 Å². The Labute approximate surface area is 269 Å². The van der Waals surface area contributed by atoms with Gasteiger partial charge in [0.05, 0.1) is 25.3 Å². The maximum absolute atomic E-state index is 14.5. The zero-order valence-corrected chi connectivity index (χ0v) is 26.4. The molecule has 1 aliphatic carbocycles. The van der Waals surface area contributed by atoms with E-state index >= 15 is 0 Å². The molecule has 5 heterocycles. The summed E-state index contributed by atoms with van der Waals surface area (Å²) in [5.41, 5.74) is 8.89. The van der Waals surface area contributed by atoms with Gasteiger partial charge in [-0.1, -0.05) is 12.0 Å². The van der Waals surface area contributed by atoms with Gasteiger partial charge in [-0.2, -0.15) is 13.2 Å². The topological polar surface area (TPSA) is 137 Å². The first kappa shape index (κ1) is 31.4. The van der Waals surface area contributed by atoms with E-state index in [-0.39, 0.29) is 35.6 Å². The van der Waals surface area contributed by atoms with Gasteiger partial charge in [0.15, 0.2) is 0 Å². The van der Waals surface area contributed by atoms with Crippen LogP contribution in [0, 0.1) is 5.92 Å². The fourth-order valence-corrected chi connectivity index (χ4v) is 7.29. The first-order valence-corrected chi connectivity index (χ1v) is 16.0. The van der Waals surface area contributed by atoms with Gasteiger partial charge in [-0.05, 0) is 84.6 Å². The van der Waals surface area contributed by atoms with Crippen LogP contribution in [0.15, 0.2) is 35.7 Å². The van der Waals surface area contributed by atoms with Crippen LogP contribution in [0.25, 0.3) is 10.4 Å². The van der Waals surface area contributed by atoms with E-state index in [1.54, 1.807) is 18.5 Å².